The van der Waals surface area contributed by atoms with E-state index in [1.807, 2.05) is 0 Å². The molecule has 0 radical (unpaired) electrons. The van der Waals surface area contributed by atoms with Crippen LogP contribution in [0.25, 0.3) is 0 Å². The molecule has 0 amide bonds. The van der Waals surface area contributed by atoms with Gasteiger partial charge in [-0.1, -0.05) is 284 Å². The van der Waals surface area contributed by atoms with E-state index in [0.717, 1.165) is 44.9 Å². The minimum absolute atomic E-state index is 0.0714. The zero-order valence-corrected chi connectivity index (χ0v) is 50.2. The van der Waals surface area contributed by atoms with E-state index < -0.39 is 80.7 Å². The van der Waals surface area contributed by atoms with E-state index in [0.29, 0.717) is 6.61 Å². The molecule has 0 bridgehead atoms. The molecule has 78 heavy (non-hydrogen) atoms. The maximum absolute atomic E-state index is 13.1. The van der Waals surface area contributed by atoms with Gasteiger partial charge < -0.3 is 64.2 Å². The van der Waals surface area contributed by atoms with Gasteiger partial charge in [-0.3, -0.25) is 4.79 Å². The van der Waals surface area contributed by atoms with Gasteiger partial charge in [0.15, 0.2) is 12.6 Å². The molecule has 14 nitrogen and oxygen atoms in total. The summed E-state index contributed by atoms with van der Waals surface area (Å²) >= 11 is 0. The Hall–Kier alpha value is -1.01. The van der Waals surface area contributed by atoms with Crippen molar-refractivity contribution in [1.82, 2.24) is 0 Å². The van der Waals surface area contributed by atoms with Gasteiger partial charge >= 0.3 is 5.97 Å². The lowest BCUT2D eigenvalue weighted by Crippen LogP contribution is -2.61. The van der Waals surface area contributed by atoms with Crippen LogP contribution in [0.15, 0.2) is 0 Å². The number of esters is 1. The normalized spacial score (nSPS) is 24.0. The fourth-order valence-corrected chi connectivity index (χ4v) is 11.1. The van der Waals surface area contributed by atoms with Crippen LogP contribution in [0, 0.1) is 0 Å². The van der Waals surface area contributed by atoms with E-state index in [1.165, 1.54) is 238 Å². The van der Waals surface area contributed by atoms with Gasteiger partial charge in [-0.25, -0.2) is 0 Å². The Balaban J connectivity index is 1.63. The smallest absolute Gasteiger partial charge is 0.306 e. The number of ether oxygens (including phenoxy) is 6. The van der Waals surface area contributed by atoms with E-state index in [9.17, 15) is 40.5 Å². The monoisotopic (exact) mass is 1120 g/mol. The number of hydrogen-bond donors (Lipinski definition) is 7. The number of carbonyl (C=O) groups is 1. The molecule has 464 valence electrons. The highest BCUT2D eigenvalue weighted by atomic mass is 16.7. The number of hydrogen-bond acceptors (Lipinski definition) is 14. The van der Waals surface area contributed by atoms with Crippen LogP contribution in [0.5, 0.6) is 0 Å². The Bertz CT molecular complexity index is 1300. The summed E-state index contributed by atoms with van der Waals surface area (Å²) in [5.41, 5.74) is 0. The maximum Gasteiger partial charge on any atom is 0.306 e. The summed E-state index contributed by atoms with van der Waals surface area (Å²) in [7, 11) is 0. The summed E-state index contributed by atoms with van der Waals surface area (Å²) in [6, 6.07) is 0. The molecular weight excluding hydrogens is 993 g/mol. The molecule has 11 atom stereocenters. The zero-order valence-electron chi connectivity index (χ0n) is 50.2. The third-order valence-corrected chi connectivity index (χ3v) is 16.4. The van der Waals surface area contributed by atoms with Gasteiger partial charge in [-0.2, -0.15) is 0 Å². The standard InChI is InChI=1S/C64H124O14/c1-3-5-7-9-11-13-15-17-19-21-23-24-25-26-27-28-29-30-32-34-36-38-40-42-44-46-48-73-50-53(76-56(66)47-45-43-41-39-37-35-33-31-22-20-18-16-14-12-10-8-6-4-2)51-74-63-62(72)60(70)58(68)55(78-63)52-75-64-61(71)59(69)57(67)54(49-65)77-64/h53-55,57-65,67-72H,3-52H2,1-2H3. The average Bonchev–Trinajstić information content (AvgIpc) is 3.45. The Morgan fingerprint density at radius 3 is 1.04 bits per heavy atom. The maximum atomic E-state index is 13.1. The largest absolute Gasteiger partial charge is 0.457 e. The first-order valence-electron chi connectivity index (χ1n) is 33.1. The highest BCUT2D eigenvalue weighted by Gasteiger charge is 2.47. The molecule has 0 saturated carbocycles. The molecule has 2 fully saturated rings. The molecular formula is C64H124O14. The summed E-state index contributed by atoms with van der Waals surface area (Å²) in [5.74, 6) is -0.365. The van der Waals surface area contributed by atoms with Gasteiger partial charge in [0.25, 0.3) is 0 Å². The summed E-state index contributed by atoms with van der Waals surface area (Å²) in [5, 5.41) is 72.5. The van der Waals surface area contributed by atoms with Crippen LogP contribution in [0.2, 0.25) is 0 Å². The van der Waals surface area contributed by atoms with E-state index in [1.54, 1.807) is 0 Å². The van der Waals surface area contributed by atoms with E-state index in [4.69, 9.17) is 28.4 Å². The summed E-state index contributed by atoms with van der Waals surface area (Å²) in [4.78, 5) is 13.1. The molecule has 0 spiro atoms. The summed E-state index contributed by atoms with van der Waals surface area (Å²) in [6.45, 7) is 3.78. The van der Waals surface area contributed by atoms with Crippen molar-refractivity contribution in [3.8, 4) is 0 Å². The van der Waals surface area contributed by atoms with Crippen LogP contribution >= 0.6 is 0 Å². The van der Waals surface area contributed by atoms with Crippen molar-refractivity contribution >= 4 is 5.97 Å². The second-order valence-corrected chi connectivity index (χ2v) is 23.7. The highest BCUT2D eigenvalue weighted by molar-refractivity contribution is 5.69. The minimum Gasteiger partial charge on any atom is -0.457 e. The van der Waals surface area contributed by atoms with Crippen LogP contribution in [-0.4, -0.2) is 142 Å². The second-order valence-electron chi connectivity index (χ2n) is 23.7. The number of aliphatic hydroxyl groups is 7. The summed E-state index contributed by atoms with van der Waals surface area (Å²) in [6.07, 6.45) is 41.8. The molecule has 2 aliphatic heterocycles. The van der Waals surface area contributed by atoms with E-state index >= 15 is 0 Å². The molecule has 2 aliphatic rings. The van der Waals surface area contributed by atoms with Crippen LogP contribution in [0.3, 0.4) is 0 Å². The fraction of sp³-hybridized carbons (Fsp3) is 0.984. The predicted octanol–water partition coefficient (Wildman–Crippen LogP) is 13.1. The Kier molecular flexibility index (Phi) is 48.4. The van der Waals surface area contributed by atoms with E-state index in [2.05, 4.69) is 13.8 Å². The minimum atomic E-state index is -1.70. The molecule has 14 heteroatoms. The first-order chi connectivity index (χ1) is 38.1. The average molecular weight is 1120 g/mol. The number of unbranched alkanes of at least 4 members (excludes halogenated alkanes) is 42. The van der Waals surface area contributed by atoms with Crippen molar-refractivity contribution in [2.45, 2.75) is 370 Å². The van der Waals surface area contributed by atoms with Gasteiger partial charge in [0.05, 0.1) is 26.4 Å². The third kappa shape index (κ3) is 37.2. The van der Waals surface area contributed by atoms with Gasteiger partial charge in [-0.05, 0) is 12.8 Å². The fourth-order valence-electron chi connectivity index (χ4n) is 11.1. The van der Waals surface area contributed by atoms with Crippen molar-refractivity contribution in [2.24, 2.45) is 0 Å². The van der Waals surface area contributed by atoms with Crippen molar-refractivity contribution in [3.05, 3.63) is 0 Å². The van der Waals surface area contributed by atoms with Crippen molar-refractivity contribution < 1.29 is 69.0 Å². The number of aliphatic hydroxyl groups excluding tert-OH is 7. The lowest BCUT2D eigenvalue weighted by molar-refractivity contribution is -0.332. The second kappa shape index (κ2) is 51.6. The lowest BCUT2D eigenvalue weighted by atomic mass is 9.98. The summed E-state index contributed by atoms with van der Waals surface area (Å²) < 4.78 is 34.5. The molecule has 0 aromatic carbocycles. The first-order valence-corrected chi connectivity index (χ1v) is 33.1. The van der Waals surface area contributed by atoms with Gasteiger partial charge in [-0.15, -0.1) is 0 Å². The zero-order chi connectivity index (χ0) is 56.5. The lowest BCUT2D eigenvalue weighted by Gasteiger charge is -2.42. The van der Waals surface area contributed by atoms with Gasteiger partial charge in [0.2, 0.25) is 0 Å². The Morgan fingerprint density at radius 2 is 0.679 bits per heavy atom. The quantitative estimate of drug-likeness (QED) is 0.0223. The highest BCUT2D eigenvalue weighted by Crippen LogP contribution is 2.27. The van der Waals surface area contributed by atoms with Crippen LogP contribution in [-0.2, 0) is 33.2 Å². The molecule has 2 saturated heterocycles. The predicted molar refractivity (Wildman–Crippen MR) is 312 cm³/mol. The van der Waals surface area contributed by atoms with Crippen molar-refractivity contribution in [3.63, 3.8) is 0 Å². The Labute approximate surface area is 476 Å². The number of carbonyl (C=O) groups excluding carboxylic acids is 1. The topological polar surface area (TPSA) is 214 Å². The molecule has 2 rings (SSSR count). The molecule has 11 unspecified atom stereocenters. The molecule has 7 N–H and O–H groups in total. The Morgan fingerprint density at radius 1 is 0.372 bits per heavy atom. The SMILES string of the molecule is CCCCCCCCCCCCCCCCCCCCCCCCCCCCOCC(COC1OC(COC2OC(CO)C(O)C(O)C2O)C(O)C(O)C1O)OC(=O)CCCCCCCCCCCCCCCCCCCC. The van der Waals surface area contributed by atoms with Crippen molar-refractivity contribution in [1.29, 1.82) is 0 Å². The van der Waals surface area contributed by atoms with Gasteiger partial charge in [0.1, 0.15) is 54.9 Å². The van der Waals surface area contributed by atoms with Crippen LogP contribution in [0.4, 0.5) is 0 Å². The van der Waals surface area contributed by atoms with E-state index in [-0.39, 0.29) is 25.6 Å². The molecule has 0 aliphatic carbocycles. The van der Waals surface area contributed by atoms with Crippen LogP contribution in [0.1, 0.15) is 303 Å². The van der Waals surface area contributed by atoms with Gasteiger partial charge in [0, 0.05) is 13.0 Å². The molecule has 0 aromatic rings. The first kappa shape index (κ1) is 73.1. The molecule has 2 heterocycles. The molecule has 0 aromatic heterocycles. The van der Waals surface area contributed by atoms with Crippen LogP contribution < -0.4 is 0 Å². The third-order valence-electron chi connectivity index (χ3n) is 16.4. The number of rotatable bonds is 56. The van der Waals surface area contributed by atoms with Crippen molar-refractivity contribution in [2.75, 3.05) is 33.0 Å².